The van der Waals surface area contributed by atoms with Crippen molar-refractivity contribution in [3.05, 3.63) is 249 Å². The van der Waals surface area contributed by atoms with E-state index in [2.05, 4.69) is 262 Å². The van der Waals surface area contributed by atoms with Crippen LogP contribution in [-0.4, -0.2) is 21.8 Å². The molecule has 0 aliphatic heterocycles. The van der Waals surface area contributed by atoms with Crippen molar-refractivity contribution in [2.75, 3.05) is 0 Å². The Labute approximate surface area is 372 Å². The molecule has 0 aliphatic rings. The lowest BCUT2D eigenvalue weighted by Crippen LogP contribution is -2.74. The van der Waals surface area contributed by atoms with Crippen LogP contribution in [0.1, 0.15) is 0 Å². The predicted molar refractivity (Wildman–Crippen MR) is 273 cm³/mol. The van der Waals surface area contributed by atoms with Gasteiger partial charge < -0.3 is 13.7 Å². The van der Waals surface area contributed by atoms with E-state index in [1.54, 1.807) is 0 Å². The summed E-state index contributed by atoms with van der Waals surface area (Å²) in [6.07, 6.45) is 0. The second-order valence-electron chi connectivity index (χ2n) is 16.8. The number of fused-ring (bicyclic) bond motifs is 9. The van der Waals surface area contributed by atoms with Gasteiger partial charge in [-0.25, -0.2) is 0 Å². The normalized spacial score (nSPS) is 12.1. The summed E-state index contributed by atoms with van der Waals surface area (Å²) in [7, 11) is -2.91. The van der Waals surface area contributed by atoms with Gasteiger partial charge in [0.1, 0.15) is 0 Å². The van der Waals surface area contributed by atoms with E-state index in [9.17, 15) is 0 Å². The summed E-state index contributed by atoms with van der Waals surface area (Å²) < 4.78 is 7.54. The van der Waals surface area contributed by atoms with E-state index in [0.717, 1.165) is 28.1 Å². The van der Waals surface area contributed by atoms with E-state index in [0.29, 0.717) is 0 Å². The first kappa shape index (κ1) is 36.5. The standard InChI is InChI=1S/C60H41N3Si/c1-5-21-42(22-6-1)61-56-38-37-46(64(43-23-7-2-8-24-43,44-25-9-3-10-26-44)45-27-11-4-12-28-45)41-51(56)59-57(62-52-33-17-13-29-47(52)48-30-14-18-34-53(48)62)39-40-58(60(59)61)63-54-35-19-15-31-49(54)50-32-16-20-36-55(50)63/h1-41H. The molecule has 13 aromatic rings. The third kappa shape index (κ3) is 5.21. The Morgan fingerprint density at radius 2 is 0.609 bits per heavy atom. The topological polar surface area (TPSA) is 14.8 Å². The maximum Gasteiger partial charge on any atom is 0.179 e. The maximum atomic E-state index is 2.57. The summed E-state index contributed by atoms with van der Waals surface area (Å²) in [5.74, 6) is 0. The molecule has 0 fully saturated rings. The van der Waals surface area contributed by atoms with Gasteiger partial charge >= 0.3 is 0 Å². The van der Waals surface area contributed by atoms with E-state index in [4.69, 9.17) is 0 Å². The van der Waals surface area contributed by atoms with E-state index in [1.807, 2.05) is 0 Å². The van der Waals surface area contributed by atoms with Gasteiger partial charge in [-0.3, -0.25) is 0 Å². The minimum Gasteiger partial charge on any atom is -0.309 e. The molecular weight excluding hydrogens is 791 g/mol. The first-order valence-electron chi connectivity index (χ1n) is 22.1. The zero-order valence-corrected chi connectivity index (χ0v) is 36.0. The molecule has 0 N–H and O–H groups in total. The van der Waals surface area contributed by atoms with E-state index in [1.165, 1.54) is 75.1 Å². The van der Waals surface area contributed by atoms with Crippen LogP contribution in [-0.2, 0) is 0 Å². The largest absolute Gasteiger partial charge is 0.309 e. The van der Waals surface area contributed by atoms with Crippen LogP contribution in [0.5, 0.6) is 0 Å². The molecule has 0 bridgehead atoms. The SMILES string of the molecule is c1ccc(-n2c3ccc([Si](c4ccccc4)(c4ccccc4)c4ccccc4)cc3c3c(-n4c5ccccc5c5ccccc54)ccc(-n4c5ccccc5c5ccccc54)c32)cc1. The highest BCUT2D eigenvalue weighted by Crippen LogP contribution is 2.44. The van der Waals surface area contributed by atoms with Gasteiger partial charge in [0.15, 0.2) is 8.07 Å². The molecule has 0 spiro atoms. The Hall–Kier alpha value is -8.18. The van der Waals surface area contributed by atoms with Crippen molar-refractivity contribution in [3.8, 4) is 17.1 Å². The van der Waals surface area contributed by atoms with Crippen molar-refractivity contribution < 1.29 is 0 Å². The van der Waals surface area contributed by atoms with Crippen LogP contribution in [0.3, 0.4) is 0 Å². The molecule has 0 aliphatic carbocycles. The second-order valence-corrected chi connectivity index (χ2v) is 20.6. The number of nitrogens with zero attached hydrogens (tertiary/aromatic N) is 3. The second kappa shape index (κ2) is 14.5. The van der Waals surface area contributed by atoms with Gasteiger partial charge in [-0.1, -0.05) is 194 Å². The minimum absolute atomic E-state index is 1.12. The van der Waals surface area contributed by atoms with Gasteiger partial charge in [-0.05, 0) is 75.3 Å². The molecular formula is C60H41N3Si. The highest BCUT2D eigenvalue weighted by molar-refractivity contribution is 7.20. The Morgan fingerprint density at radius 1 is 0.250 bits per heavy atom. The summed E-state index contributed by atoms with van der Waals surface area (Å²) in [5.41, 5.74) is 10.5. The summed E-state index contributed by atoms with van der Waals surface area (Å²) in [4.78, 5) is 0. The minimum atomic E-state index is -2.91. The Kier molecular flexibility index (Phi) is 8.23. The number of hydrogen-bond acceptors (Lipinski definition) is 0. The van der Waals surface area contributed by atoms with E-state index >= 15 is 0 Å². The van der Waals surface area contributed by atoms with Crippen molar-refractivity contribution in [3.63, 3.8) is 0 Å². The monoisotopic (exact) mass is 831 g/mol. The van der Waals surface area contributed by atoms with Gasteiger partial charge in [0.25, 0.3) is 0 Å². The molecule has 3 nitrogen and oxygen atoms in total. The quantitative estimate of drug-likeness (QED) is 0.112. The number of aromatic nitrogens is 3. The molecule has 3 heterocycles. The van der Waals surface area contributed by atoms with Crippen LogP contribution in [0.4, 0.5) is 0 Å². The molecule has 4 heteroatoms. The molecule has 0 atom stereocenters. The molecule has 0 unspecified atom stereocenters. The molecule has 300 valence electrons. The number of benzene rings is 10. The molecule has 0 saturated heterocycles. The molecule has 0 amide bonds. The fourth-order valence-electron chi connectivity index (χ4n) is 11.0. The zero-order valence-electron chi connectivity index (χ0n) is 35.0. The average molecular weight is 832 g/mol. The fraction of sp³-hybridized carbons (Fsp3) is 0. The molecule has 0 radical (unpaired) electrons. The number of hydrogen-bond donors (Lipinski definition) is 0. The molecule has 3 aromatic heterocycles. The highest BCUT2D eigenvalue weighted by Gasteiger charge is 2.42. The van der Waals surface area contributed by atoms with Crippen molar-refractivity contribution >= 4 is 94.2 Å². The summed E-state index contributed by atoms with van der Waals surface area (Å²) in [6.45, 7) is 0. The molecule has 13 rings (SSSR count). The predicted octanol–water partition coefficient (Wildman–Crippen LogP) is 12.4. The first-order valence-corrected chi connectivity index (χ1v) is 24.1. The van der Waals surface area contributed by atoms with E-state index in [-0.39, 0.29) is 0 Å². The lowest BCUT2D eigenvalue weighted by molar-refractivity contribution is 1.12. The summed E-state index contributed by atoms with van der Waals surface area (Å²) in [5, 5.41) is 12.8. The van der Waals surface area contributed by atoms with Gasteiger partial charge in [0.2, 0.25) is 0 Å². The van der Waals surface area contributed by atoms with Gasteiger partial charge in [-0.2, -0.15) is 0 Å². The smallest absolute Gasteiger partial charge is 0.179 e. The molecule has 64 heavy (non-hydrogen) atoms. The third-order valence-corrected chi connectivity index (χ3v) is 18.3. The molecule has 0 saturated carbocycles. The summed E-state index contributed by atoms with van der Waals surface area (Å²) in [6, 6.07) is 92.4. The van der Waals surface area contributed by atoms with Crippen LogP contribution in [0.2, 0.25) is 0 Å². The number of rotatable bonds is 7. The van der Waals surface area contributed by atoms with Crippen molar-refractivity contribution in [1.82, 2.24) is 13.7 Å². The summed E-state index contributed by atoms with van der Waals surface area (Å²) >= 11 is 0. The lowest BCUT2D eigenvalue weighted by atomic mass is 10.1. The van der Waals surface area contributed by atoms with Gasteiger partial charge in [0.05, 0.1) is 44.5 Å². The first-order chi connectivity index (χ1) is 31.8. The maximum absolute atomic E-state index is 2.91. The highest BCUT2D eigenvalue weighted by atomic mass is 28.3. The Morgan fingerprint density at radius 3 is 1.06 bits per heavy atom. The van der Waals surface area contributed by atoms with E-state index < -0.39 is 8.07 Å². The molecule has 10 aromatic carbocycles. The van der Waals surface area contributed by atoms with Crippen molar-refractivity contribution in [2.45, 2.75) is 0 Å². The Balaban J connectivity index is 1.26. The van der Waals surface area contributed by atoms with Crippen LogP contribution < -0.4 is 20.7 Å². The number of para-hydroxylation sites is 5. The van der Waals surface area contributed by atoms with Crippen molar-refractivity contribution in [2.24, 2.45) is 0 Å². The van der Waals surface area contributed by atoms with Gasteiger partial charge in [-0.15, -0.1) is 0 Å². The third-order valence-electron chi connectivity index (χ3n) is 13.6. The Bertz CT molecular complexity index is 3680. The fourth-order valence-corrected chi connectivity index (χ4v) is 15.8. The average Bonchev–Trinajstić information content (AvgIpc) is 4.02. The van der Waals surface area contributed by atoms with Crippen LogP contribution >= 0.6 is 0 Å². The van der Waals surface area contributed by atoms with Crippen LogP contribution in [0, 0.1) is 0 Å². The lowest BCUT2D eigenvalue weighted by Gasteiger charge is -2.34. The van der Waals surface area contributed by atoms with Gasteiger partial charge in [0, 0.05) is 38.0 Å². The van der Waals surface area contributed by atoms with Crippen molar-refractivity contribution in [1.29, 1.82) is 0 Å². The van der Waals surface area contributed by atoms with Crippen LogP contribution in [0.15, 0.2) is 249 Å². The zero-order chi connectivity index (χ0) is 42.2. The van der Waals surface area contributed by atoms with Crippen LogP contribution in [0.25, 0.3) is 82.5 Å².